The van der Waals surface area contributed by atoms with Crippen molar-refractivity contribution in [1.82, 2.24) is 5.32 Å². The molecular weight excluding hydrogens is 400 g/mol. The van der Waals surface area contributed by atoms with Gasteiger partial charge in [0, 0.05) is 16.8 Å². The Bertz CT molecular complexity index is 1030. The van der Waals surface area contributed by atoms with E-state index in [4.69, 9.17) is 16.7 Å². The van der Waals surface area contributed by atoms with E-state index in [0.717, 1.165) is 22.8 Å². The first kappa shape index (κ1) is 21.1. The number of urea groups is 1. The topological polar surface area (TPSA) is 78.4 Å². The molecule has 0 fully saturated rings. The summed E-state index contributed by atoms with van der Waals surface area (Å²) in [6, 6.07) is 23.7. The monoisotopic (exact) mass is 420 g/mol. The molecule has 6 heteroatoms. The number of carbonyl (C=O) groups excluding carboxylic acids is 1. The van der Waals surface area contributed by atoms with Crippen LogP contribution in [0.5, 0.6) is 0 Å². The van der Waals surface area contributed by atoms with Crippen LogP contribution in [-0.4, -0.2) is 23.1 Å². The molecule has 0 saturated carbocycles. The maximum atomic E-state index is 12.5. The number of carboxylic acids is 1. The van der Waals surface area contributed by atoms with Gasteiger partial charge in [0.05, 0.1) is 6.04 Å². The van der Waals surface area contributed by atoms with Crippen molar-refractivity contribution in [2.75, 3.05) is 5.32 Å². The van der Waals surface area contributed by atoms with Crippen LogP contribution < -0.4 is 10.6 Å². The first-order valence-electron chi connectivity index (χ1n) is 9.38. The van der Waals surface area contributed by atoms with Crippen molar-refractivity contribution in [2.45, 2.75) is 12.5 Å². The van der Waals surface area contributed by atoms with Gasteiger partial charge in [0.2, 0.25) is 0 Å². The average molecular weight is 421 g/mol. The zero-order valence-corrected chi connectivity index (χ0v) is 16.8. The van der Waals surface area contributed by atoms with Crippen molar-refractivity contribution in [2.24, 2.45) is 0 Å². The molecule has 0 aliphatic rings. The van der Waals surface area contributed by atoms with Crippen LogP contribution in [0.25, 0.3) is 11.1 Å². The van der Waals surface area contributed by atoms with Crippen LogP contribution >= 0.6 is 11.6 Å². The SMILES string of the molecule is O=C(O)C=CC(Cc1cccc(Cl)c1)NC(=O)Nc1ccc(-c2ccccc2)cc1. The fraction of sp³-hybridized carbons (Fsp3) is 0.0833. The van der Waals surface area contributed by atoms with E-state index in [-0.39, 0.29) is 0 Å². The summed E-state index contributed by atoms with van der Waals surface area (Å²) in [6.45, 7) is 0. The molecular formula is C24H21ClN2O3. The van der Waals surface area contributed by atoms with Crippen LogP contribution in [0.1, 0.15) is 5.56 Å². The molecule has 3 N–H and O–H groups in total. The Hall–Kier alpha value is -3.57. The number of hydrogen-bond donors (Lipinski definition) is 3. The van der Waals surface area contributed by atoms with Gasteiger partial charge in [-0.3, -0.25) is 0 Å². The minimum Gasteiger partial charge on any atom is -0.478 e. The smallest absolute Gasteiger partial charge is 0.328 e. The standard InChI is InChI=1S/C24H21ClN2O3/c25-20-8-4-5-17(15-20)16-22(13-14-23(28)29)27-24(30)26-21-11-9-19(10-12-21)18-6-2-1-3-7-18/h1-15,22H,16H2,(H,28,29)(H2,26,27,30). The van der Waals surface area contributed by atoms with Crippen molar-refractivity contribution >= 4 is 29.3 Å². The minimum absolute atomic E-state index is 0.407. The predicted octanol–water partition coefficient (Wildman–Crippen LogP) is 5.38. The highest BCUT2D eigenvalue weighted by Crippen LogP contribution is 2.21. The van der Waals surface area contributed by atoms with Gasteiger partial charge < -0.3 is 15.7 Å². The molecule has 0 aliphatic carbocycles. The van der Waals surface area contributed by atoms with Crippen LogP contribution in [0.4, 0.5) is 10.5 Å². The summed E-state index contributed by atoms with van der Waals surface area (Å²) in [4.78, 5) is 23.3. The largest absolute Gasteiger partial charge is 0.478 e. The van der Waals surface area contributed by atoms with Gasteiger partial charge in [-0.2, -0.15) is 0 Å². The summed E-state index contributed by atoms with van der Waals surface area (Å²) >= 11 is 6.01. The quantitative estimate of drug-likeness (QED) is 0.449. The Morgan fingerprint density at radius 2 is 1.63 bits per heavy atom. The van der Waals surface area contributed by atoms with Gasteiger partial charge in [-0.25, -0.2) is 9.59 Å². The van der Waals surface area contributed by atoms with Gasteiger partial charge in [-0.15, -0.1) is 0 Å². The maximum absolute atomic E-state index is 12.5. The number of carboxylic acid groups (broad SMARTS) is 1. The Morgan fingerprint density at radius 3 is 2.30 bits per heavy atom. The molecule has 0 bridgehead atoms. The lowest BCUT2D eigenvalue weighted by molar-refractivity contribution is -0.131. The zero-order chi connectivity index (χ0) is 21.3. The fourth-order valence-electron chi connectivity index (χ4n) is 3.00. The van der Waals surface area contributed by atoms with Crippen molar-refractivity contribution in [3.05, 3.63) is 102 Å². The maximum Gasteiger partial charge on any atom is 0.328 e. The fourth-order valence-corrected chi connectivity index (χ4v) is 3.21. The highest BCUT2D eigenvalue weighted by molar-refractivity contribution is 6.30. The van der Waals surface area contributed by atoms with E-state index < -0.39 is 18.0 Å². The second-order valence-corrected chi connectivity index (χ2v) is 7.12. The second-order valence-electron chi connectivity index (χ2n) is 6.68. The van der Waals surface area contributed by atoms with Crippen LogP contribution in [0.15, 0.2) is 91.0 Å². The van der Waals surface area contributed by atoms with Crippen molar-refractivity contribution in [3.63, 3.8) is 0 Å². The summed E-state index contributed by atoms with van der Waals surface area (Å²) in [7, 11) is 0. The molecule has 1 atom stereocenters. The molecule has 0 radical (unpaired) electrons. The molecule has 5 nitrogen and oxygen atoms in total. The number of carbonyl (C=O) groups is 2. The van der Waals surface area contributed by atoms with E-state index in [9.17, 15) is 9.59 Å². The molecule has 3 rings (SSSR count). The Morgan fingerprint density at radius 1 is 0.933 bits per heavy atom. The first-order valence-corrected chi connectivity index (χ1v) is 9.76. The van der Waals surface area contributed by atoms with Gasteiger partial charge in [-0.1, -0.05) is 72.3 Å². The molecule has 3 aromatic carbocycles. The van der Waals surface area contributed by atoms with E-state index in [1.807, 2.05) is 66.7 Å². The lowest BCUT2D eigenvalue weighted by Crippen LogP contribution is -2.38. The number of amides is 2. The van der Waals surface area contributed by atoms with Crippen molar-refractivity contribution < 1.29 is 14.7 Å². The molecule has 0 heterocycles. The number of nitrogens with one attached hydrogen (secondary N) is 2. The highest BCUT2D eigenvalue weighted by Gasteiger charge is 2.12. The van der Waals surface area contributed by atoms with Gasteiger partial charge in [0.1, 0.15) is 0 Å². The summed E-state index contributed by atoms with van der Waals surface area (Å²) in [5, 5.41) is 15.1. The van der Waals surface area contributed by atoms with Crippen molar-refractivity contribution in [1.29, 1.82) is 0 Å². The minimum atomic E-state index is -1.08. The lowest BCUT2D eigenvalue weighted by Gasteiger charge is -2.16. The summed E-state index contributed by atoms with van der Waals surface area (Å²) in [5.41, 5.74) is 3.66. The number of anilines is 1. The Kier molecular flexibility index (Phi) is 7.24. The van der Waals surface area contributed by atoms with E-state index in [0.29, 0.717) is 17.1 Å². The van der Waals surface area contributed by atoms with Crippen LogP contribution in [0.2, 0.25) is 5.02 Å². The number of halogens is 1. The van der Waals surface area contributed by atoms with Gasteiger partial charge in [-0.05, 0) is 47.4 Å². The number of hydrogen-bond acceptors (Lipinski definition) is 2. The first-order chi connectivity index (χ1) is 14.5. The van der Waals surface area contributed by atoms with Gasteiger partial charge in [0.25, 0.3) is 0 Å². The van der Waals surface area contributed by atoms with E-state index in [1.165, 1.54) is 6.08 Å². The van der Waals surface area contributed by atoms with Crippen LogP contribution in [0, 0.1) is 0 Å². The number of aliphatic carboxylic acids is 1. The molecule has 0 aliphatic heterocycles. The molecule has 152 valence electrons. The second kappa shape index (κ2) is 10.3. The van der Waals surface area contributed by atoms with E-state index >= 15 is 0 Å². The number of rotatable bonds is 7. The summed E-state index contributed by atoms with van der Waals surface area (Å²) in [6.07, 6.45) is 2.87. The molecule has 2 amide bonds. The molecule has 0 spiro atoms. The van der Waals surface area contributed by atoms with Gasteiger partial charge in [0.15, 0.2) is 0 Å². The molecule has 1 unspecified atom stereocenters. The van der Waals surface area contributed by atoms with E-state index in [1.54, 1.807) is 12.1 Å². The van der Waals surface area contributed by atoms with Gasteiger partial charge >= 0.3 is 12.0 Å². The third-order valence-electron chi connectivity index (χ3n) is 4.38. The third kappa shape index (κ3) is 6.50. The van der Waals surface area contributed by atoms with Crippen LogP contribution in [-0.2, 0) is 11.2 Å². The molecule has 0 saturated heterocycles. The summed E-state index contributed by atoms with van der Waals surface area (Å²) < 4.78 is 0. The predicted molar refractivity (Wildman–Crippen MR) is 120 cm³/mol. The lowest BCUT2D eigenvalue weighted by atomic mass is 10.1. The molecule has 30 heavy (non-hydrogen) atoms. The average Bonchev–Trinajstić information content (AvgIpc) is 2.73. The third-order valence-corrected chi connectivity index (χ3v) is 4.62. The molecule has 0 aromatic heterocycles. The van der Waals surface area contributed by atoms with E-state index in [2.05, 4.69) is 10.6 Å². The highest BCUT2D eigenvalue weighted by atomic mass is 35.5. The Labute approximate surface area is 180 Å². The van der Waals surface area contributed by atoms with Crippen molar-refractivity contribution in [3.8, 4) is 11.1 Å². The normalized spacial score (nSPS) is 11.8. The zero-order valence-electron chi connectivity index (χ0n) is 16.1. The summed E-state index contributed by atoms with van der Waals surface area (Å²) in [5.74, 6) is -1.08. The Balaban J connectivity index is 1.65. The molecule has 3 aromatic rings. The van der Waals surface area contributed by atoms with Crippen LogP contribution in [0.3, 0.4) is 0 Å². The number of benzene rings is 3.